The standard InChI is InChI=1S/C21H16O2S/c22-21(24-15-8-2-1-3-9-15)23-14-20-18-12-6-4-10-16(18)17-11-5-7-13-19(17)20/h1-13,20H,14H2. The predicted molar refractivity (Wildman–Crippen MR) is 97.4 cm³/mol. The zero-order valence-corrected chi connectivity index (χ0v) is 13.8. The molecule has 0 bridgehead atoms. The lowest BCUT2D eigenvalue weighted by molar-refractivity contribution is 0.171. The van der Waals surface area contributed by atoms with Crippen molar-refractivity contribution in [2.45, 2.75) is 10.8 Å². The van der Waals surface area contributed by atoms with Crippen molar-refractivity contribution in [3.05, 3.63) is 90.0 Å². The zero-order chi connectivity index (χ0) is 16.4. The van der Waals surface area contributed by atoms with Crippen LogP contribution in [0.25, 0.3) is 11.1 Å². The normalized spacial score (nSPS) is 12.5. The molecule has 1 aliphatic carbocycles. The summed E-state index contributed by atoms with van der Waals surface area (Å²) in [5.41, 5.74) is 4.95. The predicted octanol–water partition coefficient (Wildman–Crippen LogP) is 5.73. The Labute approximate surface area is 145 Å². The van der Waals surface area contributed by atoms with Gasteiger partial charge in [0.2, 0.25) is 0 Å². The van der Waals surface area contributed by atoms with Crippen LogP contribution in [-0.2, 0) is 4.74 Å². The number of ether oxygens (including phenoxy) is 1. The Morgan fingerprint density at radius 3 is 1.96 bits per heavy atom. The first-order chi connectivity index (χ1) is 11.8. The summed E-state index contributed by atoms with van der Waals surface area (Å²) in [5, 5.41) is -0.261. The van der Waals surface area contributed by atoms with Gasteiger partial charge in [-0.1, -0.05) is 66.7 Å². The van der Waals surface area contributed by atoms with Crippen LogP contribution in [-0.4, -0.2) is 11.9 Å². The van der Waals surface area contributed by atoms with E-state index < -0.39 is 0 Å². The molecule has 0 saturated carbocycles. The van der Waals surface area contributed by atoms with Crippen LogP contribution in [0, 0.1) is 0 Å². The Kier molecular flexibility index (Phi) is 4.09. The quantitative estimate of drug-likeness (QED) is 0.453. The number of hydrogen-bond donors (Lipinski definition) is 0. The Morgan fingerprint density at radius 2 is 1.33 bits per heavy atom. The summed E-state index contributed by atoms with van der Waals surface area (Å²) >= 11 is 1.13. The summed E-state index contributed by atoms with van der Waals surface area (Å²) < 4.78 is 5.57. The lowest BCUT2D eigenvalue weighted by atomic mass is 9.98. The number of rotatable bonds is 3. The van der Waals surface area contributed by atoms with E-state index in [2.05, 4.69) is 36.4 Å². The van der Waals surface area contributed by atoms with Crippen LogP contribution in [0.4, 0.5) is 4.79 Å². The summed E-state index contributed by atoms with van der Waals surface area (Å²) in [6.45, 7) is 0.368. The number of thioether (sulfide) groups is 1. The molecule has 0 spiro atoms. The summed E-state index contributed by atoms with van der Waals surface area (Å²) in [5.74, 6) is 0.109. The highest BCUT2D eigenvalue weighted by Crippen LogP contribution is 2.44. The molecule has 0 saturated heterocycles. The maximum Gasteiger partial charge on any atom is 0.372 e. The molecule has 24 heavy (non-hydrogen) atoms. The molecule has 1 aliphatic rings. The third kappa shape index (κ3) is 2.83. The van der Waals surface area contributed by atoms with Gasteiger partial charge in [-0.3, -0.25) is 0 Å². The first-order valence-electron chi connectivity index (χ1n) is 7.91. The molecule has 0 atom stereocenters. The van der Waals surface area contributed by atoms with Crippen LogP contribution in [0.1, 0.15) is 17.0 Å². The molecule has 0 radical (unpaired) electrons. The van der Waals surface area contributed by atoms with Gasteiger partial charge in [0, 0.05) is 10.8 Å². The van der Waals surface area contributed by atoms with Crippen LogP contribution in [0.5, 0.6) is 0 Å². The van der Waals surface area contributed by atoms with Gasteiger partial charge in [0.1, 0.15) is 6.61 Å². The highest BCUT2D eigenvalue weighted by molar-refractivity contribution is 8.13. The smallest absolute Gasteiger partial charge is 0.372 e. The van der Waals surface area contributed by atoms with Crippen molar-refractivity contribution in [1.29, 1.82) is 0 Å². The van der Waals surface area contributed by atoms with Crippen molar-refractivity contribution < 1.29 is 9.53 Å². The van der Waals surface area contributed by atoms with E-state index in [1.54, 1.807) is 0 Å². The molecule has 4 rings (SSSR count). The molecule has 0 fully saturated rings. The van der Waals surface area contributed by atoms with Gasteiger partial charge in [-0.2, -0.15) is 0 Å². The summed E-state index contributed by atoms with van der Waals surface area (Å²) in [4.78, 5) is 13.0. The summed E-state index contributed by atoms with van der Waals surface area (Å²) in [7, 11) is 0. The van der Waals surface area contributed by atoms with Crippen LogP contribution < -0.4 is 0 Å². The fourth-order valence-corrected chi connectivity index (χ4v) is 3.82. The molecule has 3 aromatic rings. The Morgan fingerprint density at radius 1 is 0.792 bits per heavy atom. The van der Waals surface area contributed by atoms with E-state index >= 15 is 0 Å². The molecule has 0 aliphatic heterocycles. The number of carbonyl (C=O) groups is 1. The number of carbonyl (C=O) groups excluding carboxylic acids is 1. The number of benzene rings is 3. The van der Waals surface area contributed by atoms with Crippen molar-refractivity contribution in [3.63, 3.8) is 0 Å². The second kappa shape index (κ2) is 6.54. The van der Waals surface area contributed by atoms with Gasteiger partial charge >= 0.3 is 5.30 Å². The third-order valence-corrected chi connectivity index (χ3v) is 5.07. The van der Waals surface area contributed by atoms with Gasteiger partial charge in [-0.05, 0) is 46.1 Å². The van der Waals surface area contributed by atoms with Crippen LogP contribution in [0.15, 0.2) is 83.8 Å². The minimum Gasteiger partial charge on any atom is -0.456 e. The molecule has 118 valence electrons. The third-order valence-electron chi connectivity index (χ3n) is 4.27. The van der Waals surface area contributed by atoms with Crippen molar-refractivity contribution in [3.8, 4) is 11.1 Å². The topological polar surface area (TPSA) is 26.3 Å². The molecule has 3 aromatic carbocycles. The minimum absolute atomic E-state index is 0.109. The first kappa shape index (κ1) is 15.0. The highest BCUT2D eigenvalue weighted by atomic mass is 32.2. The van der Waals surface area contributed by atoms with E-state index in [1.807, 2.05) is 42.5 Å². The molecular formula is C21H16O2S. The first-order valence-corrected chi connectivity index (χ1v) is 8.72. The summed E-state index contributed by atoms with van der Waals surface area (Å²) in [6.07, 6.45) is 0. The molecule has 0 N–H and O–H groups in total. The fourth-order valence-electron chi connectivity index (χ4n) is 3.20. The second-order valence-electron chi connectivity index (χ2n) is 5.70. The van der Waals surface area contributed by atoms with Gasteiger partial charge in [0.05, 0.1) is 0 Å². The van der Waals surface area contributed by atoms with Crippen LogP contribution in [0.3, 0.4) is 0 Å². The molecular weight excluding hydrogens is 316 g/mol. The molecule has 0 amide bonds. The SMILES string of the molecule is O=C(OCC1c2ccccc2-c2ccccc21)Sc1ccccc1. The Hall–Kier alpha value is -2.52. The largest absolute Gasteiger partial charge is 0.456 e. The van der Waals surface area contributed by atoms with E-state index in [9.17, 15) is 4.79 Å². The van der Waals surface area contributed by atoms with Crippen LogP contribution in [0.2, 0.25) is 0 Å². The number of hydrogen-bond acceptors (Lipinski definition) is 3. The zero-order valence-electron chi connectivity index (χ0n) is 13.0. The fraction of sp³-hybridized carbons (Fsp3) is 0.0952. The van der Waals surface area contributed by atoms with Gasteiger partial charge in [-0.15, -0.1) is 0 Å². The van der Waals surface area contributed by atoms with E-state index in [1.165, 1.54) is 22.3 Å². The van der Waals surface area contributed by atoms with E-state index in [0.717, 1.165) is 16.7 Å². The van der Waals surface area contributed by atoms with Gasteiger partial charge in [0.25, 0.3) is 0 Å². The van der Waals surface area contributed by atoms with Crippen molar-refractivity contribution in [1.82, 2.24) is 0 Å². The van der Waals surface area contributed by atoms with Crippen LogP contribution >= 0.6 is 11.8 Å². The lowest BCUT2D eigenvalue weighted by Gasteiger charge is -2.13. The van der Waals surface area contributed by atoms with E-state index in [0.29, 0.717) is 6.61 Å². The average molecular weight is 332 g/mol. The lowest BCUT2D eigenvalue weighted by Crippen LogP contribution is -2.09. The molecule has 0 aromatic heterocycles. The molecule has 0 heterocycles. The molecule has 0 unspecified atom stereocenters. The van der Waals surface area contributed by atoms with E-state index in [-0.39, 0.29) is 11.2 Å². The molecule has 3 heteroatoms. The number of fused-ring (bicyclic) bond motifs is 3. The monoisotopic (exact) mass is 332 g/mol. The van der Waals surface area contributed by atoms with Crippen molar-refractivity contribution in [2.75, 3.05) is 6.61 Å². The molecule has 2 nitrogen and oxygen atoms in total. The second-order valence-corrected chi connectivity index (χ2v) is 6.71. The average Bonchev–Trinajstić information content (AvgIpc) is 2.95. The highest BCUT2D eigenvalue weighted by Gasteiger charge is 2.29. The summed E-state index contributed by atoms with van der Waals surface area (Å²) in [6, 6.07) is 26.3. The maximum absolute atomic E-state index is 12.1. The Bertz CT molecular complexity index is 828. The van der Waals surface area contributed by atoms with Crippen molar-refractivity contribution in [2.24, 2.45) is 0 Å². The maximum atomic E-state index is 12.1. The minimum atomic E-state index is -0.261. The van der Waals surface area contributed by atoms with E-state index in [4.69, 9.17) is 4.74 Å². The van der Waals surface area contributed by atoms with Gasteiger partial charge < -0.3 is 4.74 Å². The van der Waals surface area contributed by atoms with Gasteiger partial charge in [0.15, 0.2) is 0 Å². The Balaban J connectivity index is 1.52. The van der Waals surface area contributed by atoms with Crippen molar-refractivity contribution >= 4 is 17.1 Å². The van der Waals surface area contributed by atoms with Gasteiger partial charge in [-0.25, -0.2) is 4.79 Å².